The second kappa shape index (κ2) is 19.8. The van der Waals surface area contributed by atoms with Crippen LogP contribution < -0.4 is 4.74 Å². The van der Waals surface area contributed by atoms with Crippen molar-refractivity contribution in [3.63, 3.8) is 0 Å². The lowest BCUT2D eigenvalue weighted by Gasteiger charge is -2.22. The number of aromatic nitrogens is 6. The fourth-order valence-corrected chi connectivity index (χ4v) is 6.41. The Bertz CT molecular complexity index is 2150. The first-order chi connectivity index (χ1) is 28.1. The van der Waals surface area contributed by atoms with Gasteiger partial charge < -0.3 is 28.4 Å². The van der Waals surface area contributed by atoms with Gasteiger partial charge >= 0.3 is 18.3 Å². The summed E-state index contributed by atoms with van der Waals surface area (Å²) in [6.45, 7) is 5.32. The maximum absolute atomic E-state index is 13.5. The molecule has 58 heavy (non-hydrogen) atoms. The number of hydrogen-bond donors (Lipinski definition) is 2. The van der Waals surface area contributed by atoms with Crippen molar-refractivity contribution in [3.8, 4) is 28.5 Å². The number of imidazole rings is 1. The van der Waals surface area contributed by atoms with E-state index in [4.69, 9.17) is 38.8 Å². The number of rotatable bonds is 17. The average Bonchev–Trinajstić information content (AvgIpc) is 3.84. The highest BCUT2D eigenvalue weighted by Crippen LogP contribution is 2.32. The molecule has 1 aliphatic carbocycles. The molecule has 3 aromatic carbocycles. The summed E-state index contributed by atoms with van der Waals surface area (Å²) < 4.78 is 34.1. The molecule has 308 valence electrons. The Kier molecular flexibility index (Phi) is 14.2. The van der Waals surface area contributed by atoms with Gasteiger partial charge in [-0.3, -0.25) is 19.8 Å². The predicted molar refractivity (Wildman–Crippen MR) is 201 cm³/mol. The van der Waals surface area contributed by atoms with E-state index in [1.165, 1.54) is 6.92 Å². The lowest BCUT2D eigenvalue weighted by Crippen LogP contribution is -2.26. The molecule has 19 heteroatoms. The van der Waals surface area contributed by atoms with Crippen LogP contribution in [0.15, 0.2) is 66.7 Å². The van der Waals surface area contributed by atoms with E-state index in [2.05, 4.69) is 25.2 Å². The number of nitrogens with zero attached hydrogens (tertiary/aromatic N) is 7. The summed E-state index contributed by atoms with van der Waals surface area (Å²) in [5.41, 5.74) is 4.48. The van der Waals surface area contributed by atoms with E-state index in [-0.39, 0.29) is 31.3 Å². The highest BCUT2D eigenvalue weighted by Gasteiger charge is 2.25. The van der Waals surface area contributed by atoms with Crippen molar-refractivity contribution in [3.05, 3.63) is 77.9 Å². The van der Waals surface area contributed by atoms with Crippen LogP contribution in [0, 0.1) is 0 Å². The van der Waals surface area contributed by atoms with Crippen LogP contribution in [0.2, 0.25) is 0 Å². The Balaban J connectivity index is 1.14. The summed E-state index contributed by atoms with van der Waals surface area (Å²) in [7, 11) is 0. The molecule has 1 aliphatic rings. The highest BCUT2D eigenvalue weighted by atomic mass is 17.1. The number of tetrazole rings is 1. The monoisotopic (exact) mass is 803 g/mol. The summed E-state index contributed by atoms with van der Waals surface area (Å²) >= 11 is 0. The van der Waals surface area contributed by atoms with Crippen LogP contribution in [0.3, 0.4) is 0 Å². The summed E-state index contributed by atoms with van der Waals surface area (Å²) in [6.07, 6.45) is 0.674. The van der Waals surface area contributed by atoms with E-state index in [1.54, 1.807) is 29.7 Å². The number of para-hydroxylation sites is 1. The molecule has 0 aliphatic heterocycles. The number of benzene rings is 3. The first kappa shape index (κ1) is 41.5. The topological polar surface area (TPSA) is 221 Å². The van der Waals surface area contributed by atoms with E-state index in [9.17, 15) is 14.4 Å². The van der Waals surface area contributed by atoms with Crippen molar-refractivity contribution >= 4 is 29.3 Å². The summed E-state index contributed by atoms with van der Waals surface area (Å²) in [6, 6.07) is 20.7. The summed E-state index contributed by atoms with van der Waals surface area (Å²) in [4.78, 5) is 48.2. The molecule has 1 fully saturated rings. The molecule has 0 amide bonds. The molecule has 2 atom stereocenters. The summed E-state index contributed by atoms with van der Waals surface area (Å²) in [5.74, 6) is -0.405. The van der Waals surface area contributed by atoms with Gasteiger partial charge in [0.2, 0.25) is 18.3 Å². The fraction of sp³-hybridized carbons (Fsp3) is 0.410. The van der Waals surface area contributed by atoms with Gasteiger partial charge in [-0.25, -0.2) is 14.4 Å². The molecule has 2 heterocycles. The largest absolute Gasteiger partial charge is 0.511 e. The second-order valence-electron chi connectivity index (χ2n) is 13.2. The van der Waals surface area contributed by atoms with Gasteiger partial charge in [-0.05, 0) is 73.6 Å². The SMILES string of the molecule is CCOc1nc2cccc(C(=O)OC(C)OC(=O)OC3CCCCC3)c2n1Cc1ccc(-c2ccccc2-c2nnn(C(C)OC(=O)OCCCON(O)O)n2)cc1. The molecule has 5 aromatic rings. The van der Waals surface area contributed by atoms with Crippen LogP contribution in [0.4, 0.5) is 9.59 Å². The van der Waals surface area contributed by atoms with Crippen LogP contribution in [-0.4, -0.2) is 96.1 Å². The van der Waals surface area contributed by atoms with Crippen molar-refractivity contribution in [2.24, 2.45) is 0 Å². The fourth-order valence-electron chi connectivity index (χ4n) is 6.41. The van der Waals surface area contributed by atoms with Gasteiger partial charge in [0.25, 0.3) is 6.01 Å². The number of esters is 1. The molecule has 0 saturated heterocycles. The quantitative estimate of drug-likeness (QED) is 0.0322. The maximum atomic E-state index is 13.5. The van der Waals surface area contributed by atoms with Gasteiger partial charge in [-0.1, -0.05) is 61.0 Å². The van der Waals surface area contributed by atoms with E-state index >= 15 is 0 Å². The molecule has 0 spiro atoms. The normalized spacial score (nSPS) is 14.2. The molecule has 0 bridgehead atoms. The van der Waals surface area contributed by atoms with E-state index < -0.39 is 36.2 Å². The van der Waals surface area contributed by atoms with E-state index in [0.717, 1.165) is 53.6 Å². The van der Waals surface area contributed by atoms with Crippen LogP contribution >= 0.6 is 0 Å². The smallest absolute Gasteiger partial charge is 0.465 e. The first-order valence-corrected chi connectivity index (χ1v) is 18.9. The maximum Gasteiger partial charge on any atom is 0.511 e. The third-order valence-corrected chi connectivity index (χ3v) is 9.08. The minimum atomic E-state index is -1.19. The number of ether oxygens (including phenoxy) is 6. The molecular formula is C39H45N7O12. The van der Waals surface area contributed by atoms with Crippen molar-refractivity contribution in [2.45, 2.75) is 84.5 Å². The Morgan fingerprint density at radius 3 is 2.38 bits per heavy atom. The zero-order chi connectivity index (χ0) is 41.0. The van der Waals surface area contributed by atoms with Gasteiger partial charge in [0.15, 0.2) is 0 Å². The Labute approximate surface area is 332 Å². The van der Waals surface area contributed by atoms with Crippen LogP contribution in [0.1, 0.15) is 81.4 Å². The van der Waals surface area contributed by atoms with Crippen molar-refractivity contribution in [1.29, 1.82) is 0 Å². The van der Waals surface area contributed by atoms with Gasteiger partial charge in [0.05, 0.1) is 48.4 Å². The first-order valence-electron chi connectivity index (χ1n) is 18.9. The molecule has 2 unspecified atom stereocenters. The molecule has 19 nitrogen and oxygen atoms in total. The van der Waals surface area contributed by atoms with Crippen LogP contribution in [-0.2, 0) is 35.1 Å². The second-order valence-corrected chi connectivity index (χ2v) is 13.2. The number of hydrogen-bond acceptors (Lipinski definition) is 17. The molecule has 2 N–H and O–H groups in total. The minimum Gasteiger partial charge on any atom is -0.465 e. The Hall–Kier alpha value is -6.15. The Morgan fingerprint density at radius 2 is 1.64 bits per heavy atom. The van der Waals surface area contributed by atoms with Gasteiger partial charge in [-0.2, -0.15) is 4.98 Å². The van der Waals surface area contributed by atoms with Crippen LogP contribution in [0.5, 0.6) is 6.01 Å². The van der Waals surface area contributed by atoms with E-state index in [1.807, 2.05) is 55.5 Å². The molecule has 6 rings (SSSR count). The van der Waals surface area contributed by atoms with Crippen molar-refractivity contribution in [2.75, 3.05) is 19.8 Å². The number of carbonyl (C=O) groups excluding carboxylic acids is 3. The van der Waals surface area contributed by atoms with E-state index in [0.29, 0.717) is 41.6 Å². The lowest BCUT2D eigenvalue weighted by atomic mass is 9.98. The molecular weight excluding hydrogens is 758 g/mol. The van der Waals surface area contributed by atoms with Crippen molar-refractivity contribution < 1.29 is 58.1 Å². The standard InChI is InChI=1S/C39H45N7O12/c1-4-52-37-40-33-17-10-16-32(36(47)56-26(3)57-39(49)58-29-12-6-5-7-13-29)34(33)44(37)24-27-18-20-28(21-19-27)30-14-8-9-15-31(30)35-41-43-45(42-35)25(2)55-38(48)53-22-11-23-54-46(50)51/h8-10,14-21,25-26,29,50-51H,4-7,11-13,22-24H2,1-3H3. The van der Waals surface area contributed by atoms with Crippen LogP contribution in [0.25, 0.3) is 33.5 Å². The molecule has 1 saturated carbocycles. The number of fused-ring (bicyclic) bond motifs is 1. The molecule has 0 radical (unpaired) electrons. The number of carbonyl (C=O) groups is 3. The lowest BCUT2D eigenvalue weighted by molar-refractivity contribution is -0.492. The van der Waals surface area contributed by atoms with Crippen molar-refractivity contribution in [1.82, 2.24) is 35.1 Å². The zero-order valence-electron chi connectivity index (χ0n) is 32.3. The zero-order valence-corrected chi connectivity index (χ0v) is 32.3. The van der Waals surface area contributed by atoms with Gasteiger partial charge in [0.1, 0.15) is 6.10 Å². The minimum absolute atomic E-state index is 0.0835. The average molecular weight is 804 g/mol. The van der Waals surface area contributed by atoms with Gasteiger partial charge in [0, 0.05) is 18.9 Å². The highest BCUT2D eigenvalue weighted by molar-refractivity contribution is 6.02. The van der Waals surface area contributed by atoms with Gasteiger partial charge in [-0.15, -0.1) is 15.0 Å². The Morgan fingerprint density at radius 1 is 0.879 bits per heavy atom. The third-order valence-electron chi connectivity index (χ3n) is 9.08. The molecule has 2 aromatic heterocycles. The predicted octanol–water partition coefficient (Wildman–Crippen LogP) is 6.87. The summed E-state index contributed by atoms with van der Waals surface area (Å²) in [5, 5.41) is 29.4. The third kappa shape index (κ3) is 10.8.